The van der Waals surface area contributed by atoms with Gasteiger partial charge in [0, 0.05) is 45.3 Å². The molecule has 1 fully saturated rings. The molecule has 2 heterocycles. The molecule has 1 saturated heterocycles. The molecule has 0 unspecified atom stereocenters. The van der Waals surface area contributed by atoms with Crippen molar-refractivity contribution in [2.45, 2.75) is 72.8 Å². The number of ether oxygens (including phenoxy) is 1. The van der Waals surface area contributed by atoms with Gasteiger partial charge in [-0.1, -0.05) is 5.16 Å². The van der Waals surface area contributed by atoms with Crippen LogP contribution in [0.1, 0.15) is 64.0 Å². The molecule has 176 valence electrons. The number of nitrogens with one attached hydrogen (secondary N) is 1. The molecule has 0 atom stereocenters. The maximum Gasteiger partial charge on any atom is 0.410 e. The summed E-state index contributed by atoms with van der Waals surface area (Å²) in [5.74, 6) is 2.36. The van der Waals surface area contributed by atoms with Crippen LogP contribution >= 0.6 is 0 Å². The number of aliphatic imine (C=N–C) groups is 1. The van der Waals surface area contributed by atoms with Gasteiger partial charge in [-0.25, -0.2) is 4.79 Å². The van der Waals surface area contributed by atoms with Crippen LogP contribution < -0.4 is 5.32 Å². The fourth-order valence-corrected chi connectivity index (χ4v) is 3.95. The first-order valence-electron chi connectivity index (χ1n) is 11.5. The van der Waals surface area contributed by atoms with Crippen LogP contribution in [0.4, 0.5) is 4.79 Å². The largest absolute Gasteiger partial charge is 0.444 e. The van der Waals surface area contributed by atoms with Crippen molar-refractivity contribution < 1.29 is 14.1 Å². The summed E-state index contributed by atoms with van der Waals surface area (Å²) in [5, 5.41) is 7.51. The minimum absolute atomic E-state index is 0.215. The summed E-state index contributed by atoms with van der Waals surface area (Å²) in [5.41, 5.74) is 1.73. The summed E-state index contributed by atoms with van der Waals surface area (Å²) in [7, 11) is 1.84. The van der Waals surface area contributed by atoms with E-state index in [-0.39, 0.29) is 6.09 Å². The Morgan fingerprint density at radius 1 is 1.32 bits per heavy atom. The van der Waals surface area contributed by atoms with E-state index < -0.39 is 5.60 Å². The van der Waals surface area contributed by atoms with Crippen molar-refractivity contribution in [3.8, 4) is 0 Å². The van der Waals surface area contributed by atoms with Gasteiger partial charge in [0.2, 0.25) is 0 Å². The van der Waals surface area contributed by atoms with Crippen molar-refractivity contribution >= 4 is 12.1 Å². The fraction of sp³-hybridized carbons (Fsp3) is 0.783. The zero-order valence-electron chi connectivity index (χ0n) is 20.5. The zero-order chi connectivity index (χ0) is 23.0. The average molecular weight is 436 g/mol. The van der Waals surface area contributed by atoms with E-state index in [1.807, 2.05) is 53.5 Å². The van der Waals surface area contributed by atoms with Crippen LogP contribution in [-0.4, -0.2) is 72.4 Å². The maximum absolute atomic E-state index is 12.4. The second-order valence-electron chi connectivity index (χ2n) is 9.33. The summed E-state index contributed by atoms with van der Waals surface area (Å²) >= 11 is 0. The molecule has 0 radical (unpaired) electrons. The Hall–Kier alpha value is -2.25. The van der Waals surface area contributed by atoms with Gasteiger partial charge in [-0.3, -0.25) is 4.99 Å². The number of aromatic nitrogens is 1. The van der Waals surface area contributed by atoms with E-state index >= 15 is 0 Å². The van der Waals surface area contributed by atoms with Gasteiger partial charge in [-0.2, -0.15) is 0 Å². The highest BCUT2D eigenvalue weighted by Gasteiger charge is 2.27. The van der Waals surface area contributed by atoms with Gasteiger partial charge in [-0.05, 0) is 73.1 Å². The predicted octanol–water partition coefficient (Wildman–Crippen LogP) is 3.77. The molecule has 31 heavy (non-hydrogen) atoms. The highest BCUT2D eigenvalue weighted by Crippen LogP contribution is 2.20. The van der Waals surface area contributed by atoms with Crippen molar-refractivity contribution in [1.82, 2.24) is 20.3 Å². The van der Waals surface area contributed by atoms with E-state index in [0.717, 1.165) is 69.3 Å². The Morgan fingerprint density at radius 2 is 2.00 bits per heavy atom. The number of carbonyl (C=O) groups is 1. The summed E-state index contributed by atoms with van der Waals surface area (Å²) in [4.78, 5) is 21.0. The SMILES string of the molecule is CCN(CC1CCN(C(=NC)NCCCc2c(C)noc2C)CC1)C(=O)OC(C)(C)C. The predicted molar refractivity (Wildman–Crippen MR) is 123 cm³/mol. The Labute approximate surface area is 187 Å². The second kappa shape index (κ2) is 11.4. The number of hydrogen-bond donors (Lipinski definition) is 1. The van der Waals surface area contributed by atoms with Crippen molar-refractivity contribution in [1.29, 1.82) is 0 Å². The lowest BCUT2D eigenvalue weighted by atomic mass is 9.96. The molecule has 0 saturated carbocycles. The van der Waals surface area contributed by atoms with Crippen LogP contribution in [0.5, 0.6) is 0 Å². The Kier molecular flexibility index (Phi) is 9.19. The van der Waals surface area contributed by atoms with Crippen LogP contribution in [-0.2, 0) is 11.2 Å². The number of piperidine rings is 1. The first kappa shape index (κ1) is 25.0. The standard InChI is InChI=1S/C23H41N5O3/c1-8-27(22(29)30-23(4,5)6)16-19-11-14-28(15-12-19)21(24-7)25-13-9-10-20-17(2)26-31-18(20)3/h19H,8-16H2,1-7H3,(H,24,25). The highest BCUT2D eigenvalue weighted by molar-refractivity contribution is 5.79. The first-order chi connectivity index (χ1) is 14.6. The van der Waals surface area contributed by atoms with Gasteiger partial charge in [-0.15, -0.1) is 0 Å². The quantitative estimate of drug-likeness (QED) is 0.399. The third-order valence-corrected chi connectivity index (χ3v) is 5.71. The van der Waals surface area contributed by atoms with Gasteiger partial charge in [0.05, 0.1) is 5.69 Å². The number of likely N-dealkylation sites (tertiary alicyclic amines) is 1. The molecule has 0 aliphatic carbocycles. The molecule has 8 heteroatoms. The number of rotatable bonds is 7. The second-order valence-corrected chi connectivity index (χ2v) is 9.33. The molecule has 1 aliphatic heterocycles. The van der Waals surface area contributed by atoms with E-state index in [4.69, 9.17) is 9.26 Å². The molecule has 2 rings (SSSR count). The van der Waals surface area contributed by atoms with Crippen LogP contribution in [0, 0.1) is 19.8 Å². The molecule has 1 aromatic heterocycles. The van der Waals surface area contributed by atoms with Crippen LogP contribution in [0.2, 0.25) is 0 Å². The average Bonchev–Trinajstić information content (AvgIpc) is 3.03. The molecule has 1 N–H and O–H groups in total. The lowest BCUT2D eigenvalue weighted by molar-refractivity contribution is 0.0214. The van der Waals surface area contributed by atoms with Crippen molar-refractivity contribution in [2.24, 2.45) is 10.9 Å². The number of hydrogen-bond acceptors (Lipinski definition) is 5. The Bertz CT molecular complexity index is 711. The molecule has 8 nitrogen and oxygen atoms in total. The third kappa shape index (κ3) is 7.74. The number of aryl methyl sites for hydroxylation is 2. The number of guanidine groups is 1. The maximum atomic E-state index is 12.4. The molecule has 1 amide bonds. The minimum Gasteiger partial charge on any atom is -0.444 e. The van der Waals surface area contributed by atoms with Crippen LogP contribution in [0.15, 0.2) is 9.52 Å². The summed E-state index contributed by atoms with van der Waals surface area (Å²) < 4.78 is 10.8. The molecule has 0 bridgehead atoms. The molecular weight excluding hydrogens is 394 g/mol. The van der Waals surface area contributed by atoms with Gasteiger partial charge in [0.1, 0.15) is 11.4 Å². The Morgan fingerprint density at radius 3 is 2.52 bits per heavy atom. The number of amides is 1. The molecule has 1 aliphatic rings. The fourth-order valence-electron chi connectivity index (χ4n) is 3.95. The van der Waals surface area contributed by atoms with Crippen LogP contribution in [0.25, 0.3) is 0 Å². The lowest BCUT2D eigenvalue weighted by Crippen LogP contribution is -2.48. The van der Waals surface area contributed by atoms with E-state index in [9.17, 15) is 4.79 Å². The summed E-state index contributed by atoms with van der Waals surface area (Å²) in [6, 6.07) is 0. The summed E-state index contributed by atoms with van der Waals surface area (Å²) in [6.45, 7) is 15.9. The van der Waals surface area contributed by atoms with E-state index in [1.165, 1.54) is 5.56 Å². The number of carbonyl (C=O) groups excluding carboxylic acids is 1. The molecular formula is C23H41N5O3. The first-order valence-corrected chi connectivity index (χ1v) is 11.5. The highest BCUT2D eigenvalue weighted by atomic mass is 16.6. The van der Waals surface area contributed by atoms with E-state index in [2.05, 4.69) is 20.4 Å². The molecule has 0 aromatic carbocycles. The van der Waals surface area contributed by atoms with Gasteiger partial charge >= 0.3 is 6.09 Å². The minimum atomic E-state index is -0.461. The van der Waals surface area contributed by atoms with Gasteiger partial charge in [0.15, 0.2) is 5.96 Å². The molecule has 1 aromatic rings. The smallest absolute Gasteiger partial charge is 0.410 e. The zero-order valence-corrected chi connectivity index (χ0v) is 20.5. The monoisotopic (exact) mass is 435 g/mol. The van der Waals surface area contributed by atoms with Crippen molar-refractivity contribution in [3.05, 3.63) is 17.0 Å². The topological polar surface area (TPSA) is 83.2 Å². The third-order valence-electron chi connectivity index (χ3n) is 5.71. The van der Waals surface area contributed by atoms with Crippen molar-refractivity contribution in [2.75, 3.05) is 39.8 Å². The van der Waals surface area contributed by atoms with Gasteiger partial charge in [0.25, 0.3) is 0 Å². The summed E-state index contributed by atoms with van der Waals surface area (Å²) in [6.07, 6.45) is 3.82. The molecule has 0 spiro atoms. The number of nitrogens with zero attached hydrogens (tertiary/aromatic N) is 4. The van der Waals surface area contributed by atoms with Crippen molar-refractivity contribution in [3.63, 3.8) is 0 Å². The van der Waals surface area contributed by atoms with E-state index in [1.54, 1.807) is 0 Å². The van der Waals surface area contributed by atoms with Crippen LogP contribution in [0.3, 0.4) is 0 Å². The van der Waals surface area contributed by atoms with E-state index in [0.29, 0.717) is 12.5 Å². The lowest BCUT2D eigenvalue weighted by Gasteiger charge is -2.36. The normalized spacial score (nSPS) is 15.8. The van der Waals surface area contributed by atoms with Gasteiger partial charge < -0.3 is 24.4 Å². The Balaban J connectivity index is 1.75.